The molecular formula is C57H48O3. The molecule has 3 nitrogen and oxygen atoms in total. The highest BCUT2D eigenvalue weighted by atomic mass is 16.5. The van der Waals surface area contributed by atoms with Crippen molar-refractivity contribution in [2.24, 2.45) is 0 Å². The molecular weight excluding hydrogens is 733 g/mol. The summed E-state index contributed by atoms with van der Waals surface area (Å²) in [5, 5.41) is 0. The lowest BCUT2D eigenvalue weighted by atomic mass is 9.89. The van der Waals surface area contributed by atoms with Crippen molar-refractivity contribution in [2.45, 2.75) is 40.6 Å². The van der Waals surface area contributed by atoms with E-state index >= 15 is 0 Å². The molecule has 0 unspecified atom stereocenters. The maximum atomic E-state index is 6.51. The second kappa shape index (κ2) is 19.3. The van der Waals surface area contributed by atoms with Gasteiger partial charge in [0.05, 0.1) is 0 Å². The van der Waals surface area contributed by atoms with Crippen molar-refractivity contribution in [3.63, 3.8) is 0 Å². The smallest absolute Gasteiger partial charge is 0.119 e. The van der Waals surface area contributed by atoms with Crippen LogP contribution in [0.4, 0.5) is 0 Å². The second-order valence-corrected chi connectivity index (χ2v) is 14.5. The maximum absolute atomic E-state index is 6.51. The fourth-order valence-corrected chi connectivity index (χ4v) is 7.59. The molecule has 0 N–H and O–H groups in total. The zero-order chi connectivity index (χ0) is 41.8. The van der Waals surface area contributed by atoms with Gasteiger partial charge in [0.25, 0.3) is 0 Å². The van der Waals surface area contributed by atoms with Crippen molar-refractivity contribution in [3.8, 4) is 17.2 Å². The normalized spacial score (nSPS) is 10.4. The first-order valence-corrected chi connectivity index (χ1v) is 20.0. The molecule has 60 heavy (non-hydrogen) atoms. The summed E-state index contributed by atoms with van der Waals surface area (Å²) in [6.07, 6.45) is 0. The first-order valence-electron chi connectivity index (χ1n) is 20.0. The number of ether oxygens (including phenoxy) is 3. The highest BCUT2D eigenvalue weighted by Crippen LogP contribution is 2.33. The van der Waals surface area contributed by atoms with Gasteiger partial charge in [-0.05, 0) is 124 Å². The van der Waals surface area contributed by atoms with Crippen LogP contribution in [-0.2, 0) is 19.8 Å². The summed E-state index contributed by atoms with van der Waals surface area (Å²) in [6.45, 7) is 19.5. The molecule has 7 aromatic carbocycles. The van der Waals surface area contributed by atoms with Gasteiger partial charge in [-0.1, -0.05) is 147 Å². The van der Waals surface area contributed by atoms with Gasteiger partial charge in [0.15, 0.2) is 0 Å². The molecule has 0 saturated carbocycles. The predicted octanol–water partition coefficient (Wildman–Crippen LogP) is 14.0. The van der Waals surface area contributed by atoms with Gasteiger partial charge < -0.3 is 14.2 Å². The summed E-state index contributed by atoms with van der Waals surface area (Å²) in [5.74, 6) is 2.33. The van der Waals surface area contributed by atoms with Gasteiger partial charge in [0.1, 0.15) is 37.1 Å². The van der Waals surface area contributed by atoms with Crippen LogP contribution in [0.25, 0.3) is 16.7 Å². The molecule has 0 aliphatic heterocycles. The monoisotopic (exact) mass is 780 g/mol. The van der Waals surface area contributed by atoms with Crippen LogP contribution in [0.15, 0.2) is 201 Å². The zero-order valence-electron chi connectivity index (χ0n) is 34.6. The van der Waals surface area contributed by atoms with Crippen LogP contribution in [0.3, 0.4) is 0 Å². The van der Waals surface area contributed by atoms with E-state index in [1.807, 2.05) is 91.0 Å². The predicted molar refractivity (Wildman–Crippen MR) is 247 cm³/mol. The van der Waals surface area contributed by atoms with E-state index in [0.717, 1.165) is 101 Å². The summed E-state index contributed by atoms with van der Waals surface area (Å²) < 4.78 is 19.5. The molecule has 0 bridgehead atoms. The Morgan fingerprint density at radius 1 is 0.333 bits per heavy atom. The average Bonchev–Trinajstić information content (AvgIpc) is 3.29. The van der Waals surface area contributed by atoms with Crippen molar-refractivity contribution in [2.75, 3.05) is 0 Å². The summed E-state index contributed by atoms with van der Waals surface area (Å²) in [5.41, 5.74) is 25.2. The molecule has 0 amide bonds. The van der Waals surface area contributed by atoms with Gasteiger partial charge in [0, 0.05) is 16.7 Å². The Morgan fingerprint density at radius 3 is 0.767 bits per heavy atom. The molecule has 0 saturated heterocycles. The standard InChI is InChI=1S/C57H48O3/c1-7-52(43-19-13-10-14-20-43)46-25-31-49(32-26-46)58-37-55-40(4)56(38-59-50-33-27-47(28-34-50)53(8-2)44-21-15-11-16-22-44)42(6)57(41(55)5)39-60-51-35-29-48(30-36-51)54(9-3)45-23-17-12-18-24-45/h10-36H,1-3,37-39H2,4-6H3. The number of hydrogen-bond acceptors (Lipinski definition) is 3. The third kappa shape index (κ3) is 9.28. The first-order chi connectivity index (χ1) is 29.4. The van der Waals surface area contributed by atoms with Crippen LogP contribution >= 0.6 is 0 Å². The minimum absolute atomic E-state index is 0.385. The highest BCUT2D eigenvalue weighted by Gasteiger charge is 2.19. The van der Waals surface area contributed by atoms with Crippen LogP contribution in [0.2, 0.25) is 0 Å². The molecule has 3 heteroatoms. The van der Waals surface area contributed by atoms with Gasteiger partial charge in [0.2, 0.25) is 0 Å². The van der Waals surface area contributed by atoms with Crippen LogP contribution in [0.5, 0.6) is 17.2 Å². The van der Waals surface area contributed by atoms with Crippen molar-refractivity contribution < 1.29 is 14.2 Å². The Bertz CT molecular complexity index is 2400. The number of rotatable bonds is 15. The molecule has 0 aliphatic carbocycles. The van der Waals surface area contributed by atoms with E-state index in [0.29, 0.717) is 19.8 Å². The molecule has 0 aliphatic rings. The molecule has 0 radical (unpaired) electrons. The van der Waals surface area contributed by atoms with Gasteiger partial charge >= 0.3 is 0 Å². The highest BCUT2D eigenvalue weighted by molar-refractivity contribution is 5.81. The van der Waals surface area contributed by atoms with E-state index in [1.165, 1.54) is 0 Å². The van der Waals surface area contributed by atoms with Crippen LogP contribution < -0.4 is 14.2 Å². The van der Waals surface area contributed by atoms with Crippen molar-refractivity contribution in [3.05, 3.63) is 267 Å². The van der Waals surface area contributed by atoms with Gasteiger partial charge in [-0.15, -0.1) is 17.2 Å². The van der Waals surface area contributed by atoms with E-state index in [1.54, 1.807) is 0 Å². The largest absolute Gasteiger partial charge is 0.489 e. The number of benzene rings is 7. The third-order valence-electron chi connectivity index (χ3n) is 11.0. The Balaban J connectivity index is 1.14. The Labute approximate surface area is 354 Å². The minimum atomic E-state index is 0.385. The molecule has 0 spiro atoms. The summed E-state index contributed by atoms with van der Waals surface area (Å²) in [6, 6.07) is 54.9. The minimum Gasteiger partial charge on any atom is -0.489 e. The fraction of sp³-hybridized carbons (Fsp3) is 0.105. The Kier molecular flexibility index (Phi) is 13.1. The lowest BCUT2D eigenvalue weighted by molar-refractivity contribution is 0.290. The molecule has 0 aromatic heterocycles. The van der Waals surface area contributed by atoms with E-state index in [9.17, 15) is 0 Å². The second-order valence-electron chi connectivity index (χ2n) is 14.5. The van der Waals surface area contributed by atoms with Crippen molar-refractivity contribution >= 4 is 16.7 Å². The lowest BCUT2D eigenvalue weighted by Gasteiger charge is -2.23. The lowest BCUT2D eigenvalue weighted by Crippen LogP contribution is -2.13. The van der Waals surface area contributed by atoms with Crippen LogP contribution in [0, 0.1) is 20.8 Å². The Hall–Kier alpha value is -7.50. The van der Waals surface area contributed by atoms with Crippen LogP contribution in [-0.4, -0.2) is 0 Å². The molecule has 0 heterocycles. The topological polar surface area (TPSA) is 27.7 Å². The van der Waals surface area contributed by atoms with Crippen LogP contribution in [0.1, 0.15) is 66.8 Å². The molecule has 0 atom stereocenters. The van der Waals surface area contributed by atoms with Gasteiger partial charge in [-0.25, -0.2) is 0 Å². The van der Waals surface area contributed by atoms with Gasteiger partial charge in [-0.3, -0.25) is 0 Å². The van der Waals surface area contributed by atoms with Crippen molar-refractivity contribution in [1.29, 1.82) is 0 Å². The molecule has 294 valence electrons. The van der Waals surface area contributed by atoms with E-state index in [-0.39, 0.29) is 0 Å². The third-order valence-corrected chi connectivity index (χ3v) is 11.0. The summed E-state index contributed by atoms with van der Waals surface area (Å²) in [7, 11) is 0. The van der Waals surface area contributed by atoms with E-state index in [2.05, 4.69) is 130 Å². The fourth-order valence-electron chi connectivity index (χ4n) is 7.59. The van der Waals surface area contributed by atoms with Crippen molar-refractivity contribution in [1.82, 2.24) is 0 Å². The summed E-state index contributed by atoms with van der Waals surface area (Å²) >= 11 is 0. The average molecular weight is 781 g/mol. The Morgan fingerprint density at radius 2 is 0.550 bits per heavy atom. The molecule has 0 fully saturated rings. The quantitative estimate of drug-likeness (QED) is 0.0970. The van der Waals surface area contributed by atoms with Gasteiger partial charge in [-0.2, -0.15) is 0 Å². The number of hydrogen-bond donors (Lipinski definition) is 0. The van der Waals surface area contributed by atoms with E-state index < -0.39 is 0 Å². The SMILES string of the molecule is C=C=C(c1ccccc1)c1ccc(OCc2c(C)c(COc3ccc(C(=C=C)c4ccccc4)cc3)c(C)c(COc3ccc(C(=C=C)c4ccccc4)cc3)c2C)cc1. The molecule has 7 rings (SSSR count). The summed E-state index contributed by atoms with van der Waals surface area (Å²) in [4.78, 5) is 0. The first kappa shape index (κ1) is 40.7. The zero-order valence-corrected chi connectivity index (χ0v) is 34.6. The maximum Gasteiger partial charge on any atom is 0.119 e. The van der Waals surface area contributed by atoms with E-state index in [4.69, 9.17) is 14.2 Å². The molecule has 7 aromatic rings.